The molecule has 7 heteroatoms. The Bertz CT molecular complexity index is 567. The molecule has 0 aliphatic carbocycles. The molecule has 3 amide bonds. The van der Waals surface area contributed by atoms with Gasteiger partial charge in [0.05, 0.1) is 17.0 Å². The Kier molecular flexibility index (Phi) is 4.67. The fourth-order valence-corrected chi connectivity index (χ4v) is 2.51. The number of nitrogens with zero attached hydrogens (tertiary/aromatic N) is 1. The van der Waals surface area contributed by atoms with Crippen LogP contribution in [0.25, 0.3) is 0 Å². The van der Waals surface area contributed by atoms with Crippen LogP contribution in [0.2, 0.25) is 5.02 Å². The van der Waals surface area contributed by atoms with Gasteiger partial charge in [0.25, 0.3) is 0 Å². The molecule has 0 spiro atoms. The van der Waals surface area contributed by atoms with Crippen LogP contribution in [0.4, 0.5) is 9.18 Å². The van der Waals surface area contributed by atoms with Crippen molar-refractivity contribution in [2.24, 2.45) is 11.7 Å². The number of nitrogens with one attached hydrogen (secondary N) is 1. The number of rotatable bonds is 3. The molecule has 114 valence electrons. The number of urea groups is 1. The maximum absolute atomic E-state index is 13.1. The second-order valence-corrected chi connectivity index (χ2v) is 5.59. The molecule has 3 N–H and O–H groups in total. The Labute approximate surface area is 127 Å². The highest BCUT2D eigenvalue weighted by molar-refractivity contribution is 6.30. The number of carbonyl (C=O) groups excluding carboxylic acids is 2. The quantitative estimate of drug-likeness (QED) is 0.896. The topological polar surface area (TPSA) is 75.4 Å². The van der Waals surface area contributed by atoms with Crippen molar-refractivity contribution in [2.45, 2.75) is 19.4 Å². The van der Waals surface area contributed by atoms with Crippen molar-refractivity contribution < 1.29 is 14.0 Å². The maximum Gasteiger partial charge on any atom is 0.317 e. The van der Waals surface area contributed by atoms with Crippen LogP contribution in [0.3, 0.4) is 0 Å². The van der Waals surface area contributed by atoms with E-state index in [1.54, 1.807) is 17.9 Å². The van der Waals surface area contributed by atoms with E-state index in [1.165, 1.54) is 12.1 Å². The lowest BCUT2D eigenvalue weighted by Crippen LogP contribution is -2.40. The summed E-state index contributed by atoms with van der Waals surface area (Å²) in [6.07, 6.45) is 0.583. The lowest BCUT2D eigenvalue weighted by Gasteiger charge is -2.21. The first-order chi connectivity index (χ1) is 9.88. The molecular weight excluding hydrogens is 297 g/mol. The summed E-state index contributed by atoms with van der Waals surface area (Å²) in [4.78, 5) is 24.8. The molecule has 1 aromatic rings. The first-order valence-electron chi connectivity index (χ1n) is 6.68. The normalized spacial score (nSPS) is 19.4. The van der Waals surface area contributed by atoms with Crippen molar-refractivity contribution >= 4 is 23.5 Å². The van der Waals surface area contributed by atoms with Crippen molar-refractivity contribution in [2.75, 3.05) is 13.1 Å². The molecule has 0 saturated carbocycles. The number of hydrogen-bond donors (Lipinski definition) is 2. The summed E-state index contributed by atoms with van der Waals surface area (Å²) in [5.41, 5.74) is 5.94. The van der Waals surface area contributed by atoms with E-state index in [1.807, 2.05) is 0 Å². The number of primary amides is 1. The first-order valence-corrected chi connectivity index (χ1v) is 7.06. The standard InChI is InChI=1S/C14H17ClFN3O2/c1-8(9-2-3-12(16)11(15)6-9)18-14(21)19-5-4-10(7-19)13(17)20/h2-3,6,8,10H,4-5,7H2,1H3,(H2,17,20)(H,18,21). The zero-order valence-electron chi connectivity index (χ0n) is 11.6. The van der Waals surface area contributed by atoms with Crippen molar-refractivity contribution in [1.82, 2.24) is 10.2 Å². The highest BCUT2D eigenvalue weighted by Gasteiger charge is 2.30. The van der Waals surface area contributed by atoms with E-state index in [9.17, 15) is 14.0 Å². The van der Waals surface area contributed by atoms with Gasteiger partial charge in [-0.2, -0.15) is 0 Å². The Morgan fingerprint density at radius 1 is 1.52 bits per heavy atom. The molecule has 0 aromatic heterocycles. The Balaban J connectivity index is 1.96. The van der Waals surface area contributed by atoms with E-state index in [0.717, 1.165) is 0 Å². The van der Waals surface area contributed by atoms with E-state index in [0.29, 0.717) is 25.1 Å². The van der Waals surface area contributed by atoms with Crippen molar-refractivity contribution in [1.29, 1.82) is 0 Å². The van der Waals surface area contributed by atoms with E-state index >= 15 is 0 Å². The third-order valence-corrected chi connectivity index (χ3v) is 3.95. The summed E-state index contributed by atoms with van der Waals surface area (Å²) < 4.78 is 13.1. The van der Waals surface area contributed by atoms with E-state index in [2.05, 4.69) is 5.32 Å². The highest BCUT2D eigenvalue weighted by atomic mass is 35.5. The fraction of sp³-hybridized carbons (Fsp3) is 0.429. The van der Waals surface area contributed by atoms with Crippen molar-refractivity contribution in [3.63, 3.8) is 0 Å². The minimum Gasteiger partial charge on any atom is -0.369 e. The summed E-state index contributed by atoms with van der Waals surface area (Å²) in [6.45, 7) is 2.61. The molecule has 5 nitrogen and oxygen atoms in total. The van der Waals surface area contributed by atoms with Gasteiger partial charge in [0.2, 0.25) is 5.91 Å². The molecule has 2 rings (SSSR count). The monoisotopic (exact) mass is 313 g/mol. The van der Waals surface area contributed by atoms with Gasteiger partial charge >= 0.3 is 6.03 Å². The zero-order valence-corrected chi connectivity index (χ0v) is 12.4. The number of hydrogen-bond acceptors (Lipinski definition) is 2. The number of benzene rings is 1. The zero-order chi connectivity index (χ0) is 15.6. The van der Waals surface area contributed by atoms with Gasteiger partial charge in [-0.25, -0.2) is 9.18 Å². The molecule has 0 radical (unpaired) electrons. The molecule has 21 heavy (non-hydrogen) atoms. The van der Waals surface area contributed by atoms with Gasteiger partial charge in [-0.05, 0) is 31.0 Å². The SMILES string of the molecule is CC(NC(=O)N1CCC(C(N)=O)C1)c1ccc(F)c(Cl)c1. The van der Waals surface area contributed by atoms with Gasteiger partial charge in [0.1, 0.15) is 5.82 Å². The second-order valence-electron chi connectivity index (χ2n) is 5.18. The molecular formula is C14H17ClFN3O2. The third-order valence-electron chi connectivity index (χ3n) is 3.66. The molecule has 1 aromatic carbocycles. The summed E-state index contributed by atoms with van der Waals surface area (Å²) >= 11 is 5.73. The number of amides is 3. The van der Waals surface area contributed by atoms with Crippen LogP contribution in [-0.2, 0) is 4.79 Å². The van der Waals surface area contributed by atoms with Gasteiger partial charge in [0, 0.05) is 13.1 Å². The molecule has 1 heterocycles. The summed E-state index contributed by atoms with van der Waals surface area (Å²) in [7, 11) is 0. The van der Waals surface area contributed by atoms with Crippen LogP contribution >= 0.6 is 11.6 Å². The molecule has 1 aliphatic rings. The van der Waals surface area contributed by atoms with Crippen LogP contribution in [0, 0.1) is 11.7 Å². The average Bonchev–Trinajstić information content (AvgIpc) is 2.91. The largest absolute Gasteiger partial charge is 0.369 e. The summed E-state index contributed by atoms with van der Waals surface area (Å²) in [5.74, 6) is -1.17. The molecule has 1 fully saturated rings. The van der Waals surface area contributed by atoms with Crippen LogP contribution in [0.5, 0.6) is 0 Å². The van der Waals surface area contributed by atoms with Gasteiger partial charge < -0.3 is 16.0 Å². The van der Waals surface area contributed by atoms with Gasteiger partial charge in [-0.1, -0.05) is 17.7 Å². The minimum absolute atomic E-state index is 0.0172. The number of nitrogens with two attached hydrogens (primary N) is 1. The smallest absolute Gasteiger partial charge is 0.317 e. The van der Waals surface area contributed by atoms with E-state index < -0.39 is 5.82 Å². The van der Waals surface area contributed by atoms with Crippen molar-refractivity contribution in [3.8, 4) is 0 Å². The number of likely N-dealkylation sites (tertiary alicyclic amines) is 1. The van der Waals surface area contributed by atoms with Crippen LogP contribution < -0.4 is 11.1 Å². The Morgan fingerprint density at radius 3 is 2.81 bits per heavy atom. The summed E-state index contributed by atoms with van der Waals surface area (Å²) in [5, 5.41) is 2.82. The van der Waals surface area contributed by atoms with Crippen LogP contribution in [0.15, 0.2) is 18.2 Å². The predicted octanol–water partition coefficient (Wildman–Crippen LogP) is 2.06. The Hall–Kier alpha value is -1.82. The molecule has 2 unspecified atom stereocenters. The van der Waals surface area contributed by atoms with E-state index in [-0.39, 0.29) is 28.9 Å². The predicted molar refractivity (Wildman–Crippen MR) is 77.2 cm³/mol. The number of halogens is 2. The van der Waals surface area contributed by atoms with E-state index in [4.69, 9.17) is 17.3 Å². The molecule has 0 bridgehead atoms. The first kappa shape index (κ1) is 15.6. The second kappa shape index (κ2) is 6.30. The lowest BCUT2D eigenvalue weighted by atomic mass is 10.1. The minimum atomic E-state index is -0.497. The van der Waals surface area contributed by atoms with Gasteiger partial charge in [-0.15, -0.1) is 0 Å². The molecule has 2 atom stereocenters. The third kappa shape index (κ3) is 3.64. The summed E-state index contributed by atoms with van der Waals surface area (Å²) in [6, 6.07) is 3.73. The fourth-order valence-electron chi connectivity index (χ4n) is 2.32. The Morgan fingerprint density at radius 2 is 2.24 bits per heavy atom. The highest BCUT2D eigenvalue weighted by Crippen LogP contribution is 2.22. The van der Waals surface area contributed by atoms with Crippen LogP contribution in [-0.4, -0.2) is 29.9 Å². The average molecular weight is 314 g/mol. The van der Waals surface area contributed by atoms with Crippen LogP contribution in [0.1, 0.15) is 24.9 Å². The van der Waals surface area contributed by atoms with Crippen molar-refractivity contribution in [3.05, 3.63) is 34.6 Å². The lowest BCUT2D eigenvalue weighted by molar-refractivity contribution is -0.121. The van der Waals surface area contributed by atoms with Gasteiger partial charge in [0.15, 0.2) is 0 Å². The number of carbonyl (C=O) groups is 2. The molecule has 1 saturated heterocycles. The van der Waals surface area contributed by atoms with Gasteiger partial charge in [-0.3, -0.25) is 4.79 Å². The molecule has 1 aliphatic heterocycles. The maximum atomic E-state index is 13.1.